The topological polar surface area (TPSA) is 64.6 Å². The quantitative estimate of drug-likeness (QED) is 0.842. The van der Waals surface area contributed by atoms with Gasteiger partial charge < -0.3 is 10.1 Å². The van der Waals surface area contributed by atoms with E-state index in [-0.39, 0.29) is 6.61 Å². The Hall–Kier alpha value is -1.70. The summed E-state index contributed by atoms with van der Waals surface area (Å²) < 4.78 is 33.4. The Morgan fingerprint density at radius 3 is 3.00 bits per heavy atom. The van der Waals surface area contributed by atoms with Gasteiger partial charge in [-0.3, -0.25) is 4.18 Å². The lowest BCUT2D eigenvalue weighted by molar-refractivity contribution is 0.309. The van der Waals surface area contributed by atoms with Crippen molar-refractivity contribution in [1.82, 2.24) is 5.32 Å². The van der Waals surface area contributed by atoms with Gasteiger partial charge in [0.05, 0.1) is 19.5 Å². The normalized spacial score (nSPS) is 16.8. The zero-order valence-corrected chi connectivity index (χ0v) is 14.2. The van der Waals surface area contributed by atoms with Crippen LogP contribution in [0.4, 0.5) is 0 Å². The number of allylic oxidation sites excluding steroid dienone is 4. The first-order valence-corrected chi connectivity index (χ1v) is 9.90. The Labute approximate surface area is 140 Å². The van der Waals surface area contributed by atoms with Gasteiger partial charge in [-0.2, -0.15) is 8.42 Å². The molecule has 0 atom stereocenters. The largest absolute Gasteiger partial charge is 0.492 e. The summed E-state index contributed by atoms with van der Waals surface area (Å²) in [6.07, 6.45) is 10.5. The van der Waals surface area contributed by atoms with Crippen LogP contribution in [0.25, 0.3) is 5.70 Å². The number of fused-ring (bicyclic) bond motifs is 1. The van der Waals surface area contributed by atoms with Gasteiger partial charge in [-0.1, -0.05) is 12.2 Å². The van der Waals surface area contributed by atoms with Crippen LogP contribution in [0.2, 0.25) is 0 Å². The van der Waals surface area contributed by atoms with Gasteiger partial charge in [-0.25, -0.2) is 0 Å². The number of nitrogens with one attached hydrogen (secondary N) is 1. The van der Waals surface area contributed by atoms with Gasteiger partial charge in [0.25, 0.3) is 10.1 Å². The van der Waals surface area contributed by atoms with Gasteiger partial charge >= 0.3 is 0 Å². The van der Waals surface area contributed by atoms with E-state index >= 15 is 0 Å². The monoisotopic (exact) mass is 351 g/mol. The molecule has 0 radical (unpaired) electrons. The van der Waals surface area contributed by atoms with Gasteiger partial charge in [0.1, 0.15) is 5.75 Å². The van der Waals surface area contributed by atoms with E-state index < -0.39 is 10.1 Å². The van der Waals surface area contributed by atoms with Crippen LogP contribution in [-0.4, -0.2) is 27.0 Å². The lowest BCUT2D eigenvalue weighted by Crippen LogP contribution is -2.12. The minimum Gasteiger partial charge on any atom is -0.492 e. The molecule has 1 aromatic rings. The molecule has 0 amide bonds. The Morgan fingerprint density at radius 1 is 1.30 bits per heavy atom. The first kappa shape index (κ1) is 16.2. The molecule has 23 heavy (non-hydrogen) atoms. The summed E-state index contributed by atoms with van der Waals surface area (Å²) in [5.41, 5.74) is 2.53. The van der Waals surface area contributed by atoms with E-state index in [1.807, 2.05) is 42.6 Å². The summed E-state index contributed by atoms with van der Waals surface area (Å²) in [5.74, 6) is 1.70. The highest BCUT2D eigenvalue weighted by atomic mass is 32.2. The van der Waals surface area contributed by atoms with Gasteiger partial charge in [-0.05, 0) is 29.8 Å². The molecule has 1 N–H and O–H groups in total. The molecule has 0 aromatic heterocycles. The van der Waals surface area contributed by atoms with Crippen molar-refractivity contribution in [3.8, 4) is 5.75 Å². The van der Waals surface area contributed by atoms with E-state index in [0.29, 0.717) is 6.61 Å². The maximum Gasteiger partial charge on any atom is 0.264 e. The number of hydrogen-bond donors (Lipinski definition) is 1. The van der Waals surface area contributed by atoms with Crippen molar-refractivity contribution in [1.29, 1.82) is 0 Å². The van der Waals surface area contributed by atoms with Crippen LogP contribution in [0.1, 0.15) is 11.1 Å². The van der Waals surface area contributed by atoms with Gasteiger partial charge in [0.2, 0.25) is 0 Å². The molecule has 5 nitrogen and oxygen atoms in total. The smallest absolute Gasteiger partial charge is 0.264 e. The van der Waals surface area contributed by atoms with Crippen molar-refractivity contribution in [2.45, 2.75) is 11.5 Å². The molecule has 0 fully saturated rings. The summed E-state index contributed by atoms with van der Waals surface area (Å²) in [5, 5.41) is 3.19. The van der Waals surface area contributed by atoms with Crippen LogP contribution >= 0.6 is 11.8 Å². The third-order valence-corrected chi connectivity index (χ3v) is 4.85. The van der Waals surface area contributed by atoms with Crippen molar-refractivity contribution >= 4 is 27.6 Å². The van der Waals surface area contributed by atoms with Crippen molar-refractivity contribution in [2.75, 3.05) is 18.6 Å². The second kappa shape index (κ2) is 6.82. The van der Waals surface area contributed by atoms with Crippen LogP contribution in [0, 0.1) is 0 Å². The average molecular weight is 351 g/mol. The molecule has 0 saturated heterocycles. The number of rotatable bonds is 4. The molecule has 122 valence electrons. The molecule has 0 saturated carbocycles. The third-order valence-electron chi connectivity index (χ3n) is 3.31. The molecule has 1 aromatic carbocycles. The standard InChI is InChI=1S/C16H17NO4S2/c1-23(18,19)21-11-12-9-16-15(20-7-8-22-16)10-13(12)14-5-3-2-4-6-17-14/h2-6,9-10,17H,7-8,11H2,1H3. The molecule has 3 rings (SSSR count). The van der Waals surface area contributed by atoms with Crippen LogP contribution in [-0.2, 0) is 20.9 Å². The molecule has 0 bridgehead atoms. The average Bonchev–Trinajstić information content (AvgIpc) is 2.80. The molecule has 0 unspecified atom stereocenters. The highest BCUT2D eigenvalue weighted by Crippen LogP contribution is 2.37. The molecular formula is C16H17NO4S2. The minimum absolute atomic E-state index is 0.00550. The van der Waals surface area contributed by atoms with Crippen LogP contribution in [0.15, 0.2) is 47.5 Å². The maximum absolute atomic E-state index is 11.3. The Balaban J connectivity index is 2.02. The van der Waals surface area contributed by atoms with Crippen molar-refractivity contribution in [3.05, 3.63) is 53.8 Å². The van der Waals surface area contributed by atoms with E-state index in [1.165, 1.54) is 0 Å². The second-order valence-electron chi connectivity index (χ2n) is 5.09. The van der Waals surface area contributed by atoms with E-state index in [0.717, 1.165) is 39.5 Å². The number of hydrogen-bond acceptors (Lipinski definition) is 6. The number of thioether (sulfide) groups is 1. The zero-order valence-electron chi connectivity index (χ0n) is 12.6. The van der Waals surface area contributed by atoms with E-state index in [1.54, 1.807) is 11.8 Å². The molecule has 7 heteroatoms. The minimum atomic E-state index is -3.50. The molecular weight excluding hydrogens is 334 g/mol. The predicted octanol–water partition coefficient (Wildman–Crippen LogP) is 2.66. The Morgan fingerprint density at radius 2 is 2.17 bits per heavy atom. The third kappa shape index (κ3) is 4.19. The molecule has 2 aliphatic heterocycles. The molecule has 2 heterocycles. The maximum atomic E-state index is 11.3. The summed E-state index contributed by atoms with van der Waals surface area (Å²) >= 11 is 1.70. The van der Waals surface area contributed by atoms with Crippen LogP contribution in [0.5, 0.6) is 5.75 Å². The summed E-state index contributed by atoms with van der Waals surface area (Å²) in [4.78, 5) is 1.01. The highest BCUT2D eigenvalue weighted by molar-refractivity contribution is 7.99. The van der Waals surface area contributed by atoms with Gasteiger partial charge in [0, 0.05) is 28.1 Å². The van der Waals surface area contributed by atoms with E-state index in [9.17, 15) is 8.42 Å². The summed E-state index contributed by atoms with van der Waals surface area (Å²) in [6.45, 7) is 0.664. The predicted molar refractivity (Wildman–Crippen MR) is 91.7 cm³/mol. The van der Waals surface area contributed by atoms with Gasteiger partial charge in [0.15, 0.2) is 0 Å². The highest BCUT2D eigenvalue weighted by Gasteiger charge is 2.18. The van der Waals surface area contributed by atoms with Crippen LogP contribution in [0.3, 0.4) is 0 Å². The summed E-state index contributed by atoms with van der Waals surface area (Å²) in [7, 11) is -3.50. The Bertz CT molecular complexity index is 795. The lowest BCUT2D eigenvalue weighted by atomic mass is 10.0. The molecule has 0 spiro atoms. The Kier molecular flexibility index (Phi) is 4.79. The molecule has 2 aliphatic rings. The van der Waals surface area contributed by atoms with Crippen molar-refractivity contribution in [2.24, 2.45) is 0 Å². The lowest BCUT2D eigenvalue weighted by Gasteiger charge is -2.21. The van der Waals surface area contributed by atoms with Crippen LogP contribution < -0.4 is 10.1 Å². The fourth-order valence-corrected chi connectivity index (χ4v) is 3.51. The number of benzene rings is 1. The molecule has 0 aliphatic carbocycles. The zero-order chi connectivity index (χ0) is 16.3. The summed E-state index contributed by atoms with van der Waals surface area (Å²) in [6, 6.07) is 3.88. The first-order chi connectivity index (χ1) is 11.0. The second-order valence-corrected chi connectivity index (χ2v) is 7.87. The first-order valence-electron chi connectivity index (χ1n) is 7.10. The van der Waals surface area contributed by atoms with Gasteiger partial charge in [-0.15, -0.1) is 11.8 Å². The van der Waals surface area contributed by atoms with E-state index in [4.69, 9.17) is 8.92 Å². The van der Waals surface area contributed by atoms with Crippen molar-refractivity contribution < 1.29 is 17.3 Å². The fraction of sp³-hybridized carbons (Fsp3) is 0.250. The SMILES string of the molecule is CS(=O)(=O)OCc1cc2c(cc1C1=CC=CC=CN1)OCCS2. The van der Waals surface area contributed by atoms with E-state index in [2.05, 4.69) is 5.32 Å². The fourth-order valence-electron chi connectivity index (χ4n) is 2.30. The number of ether oxygens (including phenoxy) is 1. The van der Waals surface area contributed by atoms with Crippen molar-refractivity contribution in [3.63, 3.8) is 0 Å².